The van der Waals surface area contributed by atoms with Crippen molar-refractivity contribution in [2.75, 3.05) is 20.8 Å². The van der Waals surface area contributed by atoms with Crippen LogP contribution in [0.3, 0.4) is 0 Å². The lowest BCUT2D eigenvalue weighted by Crippen LogP contribution is -2.31. The first-order valence-corrected chi connectivity index (χ1v) is 11.6. The monoisotopic (exact) mass is 521 g/mol. The zero-order valence-corrected chi connectivity index (χ0v) is 20.9. The van der Waals surface area contributed by atoms with Gasteiger partial charge in [-0.15, -0.1) is 10.2 Å². The molecule has 1 amide bonds. The van der Waals surface area contributed by atoms with Gasteiger partial charge in [-0.3, -0.25) is 4.79 Å². The van der Waals surface area contributed by atoms with Crippen molar-refractivity contribution >= 4 is 23.5 Å². The average Bonchev–Trinajstić information content (AvgIpc) is 3.37. The van der Waals surface area contributed by atoms with Gasteiger partial charge in [0.05, 0.1) is 19.2 Å². The molecule has 0 saturated heterocycles. The quantitative estimate of drug-likeness (QED) is 0.335. The van der Waals surface area contributed by atoms with E-state index >= 15 is 0 Å². The highest BCUT2D eigenvalue weighted by atomic mass is 35.5. The van der Waals surface area contributed by atoms with Crippen molar-refractivity contribution < 1.29 is 24.2 Å². The van der Waals surface area contributed by atoms with Crippen LogP contribution in [0.25, 0.3) is 11.4 Å². The topological polar surface area (TPSA) is 120 Å². The van der Waals surface area contributed by atoms with Crippen LogP contribution >= 0.6 is 11.6 Å². The summed E-state index contributed by atoms with van der Waals surface area (Å²) in [6, 6.07) is 18.9. The number of amides is 1. The lowest BCUT2D eigenvalue weighted by atomic mass is 10.1. The summed E-state index contributed by atoms with van der Waals surface area (Å²) in [4.78, 5) is 26.9. The molecule has 1 N–H and O–H groups in total. The van der Waals surface area contributed by atoms with Crippen molar-refractivity contribution in [3.63, 3.8) is 0 Å². The third-order valence-corrected chi connectivity index (χ3v) is 5.82. The molecule has 0 saturated carbocycles. The van der Waals surface area contributed by atoms with Gasteiger partial charge in [-0.05, 0) is 47.2 Å². The van der Waals surface area contributed by atoms with Crippen molar-refractivity contribution in [2.45, 2.75) is 13.1 Å². The van der Waals surface area contributed by atoms with Gasteiger partial charge in [0.1, 0.15) is 11.5 Å². The van der Waals surface area contributed by atoms with E-state index in [1.807, 2.05) is 12.1 Å². The maximum atomic E-state index is 12.6. The Morgan fingerprint density at radius 2 is 1.81 bits per heavy atom. The molecule has 11 heteroatoms. The molecule has 0 fully saturated rings. The Balaban J connectivity index is 1.42. The molecule has 4 aromatic rings. The Morgan fingerprint density at radius 3 is 2.54 bits per heavy atom. The molecule has 37 heavy (non-hydrogen) atoms. The first-order valence-electron chi connectivity index (χ1n) is 11.2. The minimum atomic E-state index is -1.02. The largest absolute Gasteiger partial charge is 0.496 e. The molecule has 1 heterocycles. The van der Waals surface area contributed by atoms with E-state index in [9.17, 15) is 14.7 Å². The van der Waals surface area contributed by atoms with Crippen LogP contribution in [0.15, 0.2) is 66.7 Å². The highest BCUT2D eigenvalue weighted by Crippen LogP contribution is 2.26. The van der Waals surface area contributed by atoms with Crippen LogP contribution in [0.2, 0.25) is 5.02 Å². The lowest BCUT2D eigenvalue weighted by molar-refractivity contribution is -0.132. The number of benzene rings is 3. The number of methoxy groups -OCH3 is 1. The second-order valence-corrected chi connectivity index (χ2v) is 8.56. The number of carboxylic acid groups (broad SMARTS) is 1. The van der Waals surface area contributed by atoms with E-state index in [1.165, 1.54) is 10.9 Å². The SMILES string of the molecule is COc1cc(-c2nnn(Cc3ccccc3C(=O)O)n2)ccc1CN(C)C(=O)COc1ccc(Cl)cc1. The number of ether oxygens (including phenoxy) is 2. The van der Waals surface area contributed by atoms with Crippen molar-refractivity contribution in [3.8, 4) is 22.9 Å². The highest BCUT2D eigenvalue weighted by Gasteiger charge is 2.16. The number of aromatic carboxylic acids is 1. The van der Waals surface area contributed by atoms with Gasteiger partial charge < -0.3 is 19.5 Å². The van der Waals surface area contributed by atoms with Crippen LogP contribution in [-0.4, -0.2) is 62.9 Å². The second kappa shape index (κ2) is 11.5. The van der Waals surface area contributed by atoms with Crippen molar-refractivity contribution in [3.05, 3.63) is 88.4 Å². The molecular weight excluding hydrogens is 498 g/mol. The summed E-state index contributed by atoms with van der Waals surface area (Å²) in [5.74, 6) is 0.255. The third kappa shape index (κ3) is 6.42. The van der Waals surface area contributed by atoms with Crippen LogP contribution in [0.5, 0.6) is 11.5 Å². The molecule has 0 aliphatic rings. The van der Waals surface area contributed by atoms with Crippen molar-refractivity contribution in [1.29, 1.82) is 0 Å². The normalized spacial score (nSPS) is 10.7. The lowest BCUT2D eigenvalue weighted by Gasteiger charge is -2.19. The number of tetrazole rings is 1. The van der Waals surface area contributed by atoms with Crippen LogP contribution in [0.1, 0.15) is 21.5 Å². The first kappa shape index (κ1) is 25.6. The number of halogens is 1. The zero-order chi connectivity index (χ0) is 26.4. The summed E-state index contributed by atoms with van der Waals surface area (Å²) in [5.41, 5.74) is 2.21. The van der Waals surface area contributed by atoms with E-state index in [0.29, 0.717) is 40.0 Å². The number of likely N-dealkylation sites (N-methyl/N-ethyl adjacent to an activating group) is 1. The Bertz CT molecular complexity index is 1410. The fraction of sp³-hybridized carbons (Fsp3) is 0.192. The molecule has 0 spiro atoms. The van der Waals surface area contributed by atoms with E-state index < -0.39 is 5.97 Å². The Morgan fingerprint density at radius 1 is 1.05 bits per heavy atom. The van der Waals surface area contributed by atoms with Crippen LogP contribution in [-0.2, 0) is 17.9 Å². The van der Waals surface area contributed by atoms with Gasteiger partial charge in [-0.25, -0.2) is 4.79 Å². The predicted octanol–water partition coefficient (Wildman–Crippen LogP) is 3.79. The fourth-order valence-electron chi connectivity index (χ4n) is 3.59. The number of hydrogen-bond acceptors (Lipinski definition) is 7. The fourth-order valence-corrected chi connectivity index (χ4v) is 3.71. The standard InChI is InChI=1S/C26H24ClN5O5/c1-31(24(33)16-37-21-11-9-20(27)10-12-21)14-19-8-7-17(13-23(19)36-2)25-28-30-32(29-25)15-18-5-3-4-6-22(18)26(34)35/h3-13H,14-16H2,1-2H3,(H,34,35). The van der Waals surface area contributed by atoms with Crippen LogP contribution in [0, 0.1) is 0 Å². The molecular formula is C26H24ClN5O5. The molecule has 3 aromatic carbocycles. The number of carbonyl (C=O) groups is 2. The molecule has 0 bridgehead atoms. The van der Waals surface area contributed by atoms with E-state index in [2.05, 4.69) is 15.4 Å². The number of aromatic nitrogens is 4. The number of carbonyl (C=O) groups excluding carboxylic acids is 1. The van der Waals surface area contributed by atoms with Crippen LogP contribution in [0.4, 0.5) is 0 Å². The maximum absolute atomic E-state index is 12.6. The highest BCUT2D eigenvalue weighted by molar-refractivity contribution is 6.30. The molecule has 0 aliphatic heterocycles. The summed E-state index contributed by atoms with van der Waals surface area (Å²) >= 11 is 5.87. The summed E-state index contributed by atoms with van der Waals surface area (Å²) in [5, 5.41) is 22.5. The van der Waals surface area contributed by atoms with E-state index in [4.69, 9.17) is 21.1 Å². The Kier molecular flexibility index (Phi) is 7.99. The summed E-state index contributed by atoms with van der Waals surface area (Å²) < 4.78 is 11.1. The van der Waals surface area contributed by atoms with Gasteiger partial charge in [-0.1, -0.05) is 41.9 Å². The summed E-state index contributed by atoms with van der Waals surface area (Å²) in [7, 11) is 3.23. The van der Waals surface area contributed by atoms with E-state index in [0.717, 1.165) is 5.56 Å². The minimum Gasteiger partial charge on any atom is -0.496 e. The van der Waals surface area contributed by atoms with Gasteiger partial charge in [0.25, 0.3) is 5.91 Å². The first-order chi connectivity index (χ1) is 17.8. The molecule has 1 aromatic heterocycles. The third-order valence-electron chi connectivity index (χ3n) is 5.57. The molecule has 190 valence electrons. The van der Waals surface area contributed by atoms with Gasteiger partial charge >= 0.3 is 5.97 Å². The average molecular weight is 522 g/mol. The molecule has 0 atom stereocenters. The molecule has 0 radical (unpaired) electrons. The van der Waals surface area contributed by atoms with Crippen molar-refractivity contribution in [2.24, 2.45) is 0 Å². The molecule has 4 rings (SSSR count). The van der Waals surface area contributed by atoms with E-state index in [-0.39, 0.29) is 24.6 Å². The van der Waals surface area contributed by atoms with Crippen molar-refractivity contribution in [1.82, 2.24) is 25.1 Å². The smallest absolute Gasteiger partial charge is 0.336 e. The van der Waals surface area contributed by atoms with Gasteiger partial charge in [-0.2, -0.15) is 4.80 Å². The summed E-state index contributed by atoms with van der Waals surface area (Å²) in [6.07, 6.45) is 0. The minimum absolute atomic E-state index is 0.115. The second-order valence-electron chi connectivity index (χ2n) is 8.12. The summed E-state index contributed by atoms with van der Waals surface area (Å²) in [6.45, 7) is 0.352. The Hall–Kier alpha value is -4.44. The van der Waals surface area contributed by atoms with Gasteiger partial charge in [0.2, 0.25) is 5.82 Å². The number of carboxylic acids is 1. The number of nitrogens with zero attached hydrogens (tertiary/aromatic N) is 5. The maximum Gasteiger partial charge on any atom is 0.336 e. The molecule has 10 nitrogen and oxygen atoms in total. The van der Waals surface area contributed by atoms with Gasteiger partial charge in [0, 0.05) is 29.7 Å². The number of hydrogen-bond donors (Lipinski definition) is 1. The molecule has 0 aliphatic carbocycles. The predicted molar refractivity (Wildman–Crippen MR) is 136 cm³/mol. The van der Waals surface area contributed by atoms with Gasteiger partial charge in [0.15, 0.2) is 6.61 Å². The number of rotatable bonds is 10. The Labute approximate surface area is 218 Å². The van der Waals surface area contributed by atoms with E-state index in [1.54, 1.807) is 67.6 Å². The molecule has 0 unspecified atom stereocenters. The zero-order valence-electron chi connectivity index (χ0n) is 20.2. The van der Waals surface area contributed by atoms with Crippen LogP contribution < -0.4 is 9.47 Å².